The molecule has 32 heavy (non-hydrogen) atoms. The van der Waals surface area contributed by atoms with Gasteiger partial charge >= 0.3 is 6.18 Å². The zero-order valence-electron chi connectivity index (χ0n) is 16.7. The topological polar surface area (TPSA) is 84.7 Å². The number of nitrogens with zero attached hydrogens (tertiary/aromatic N) is 7. The fraction of sp³-hybridized carbons (Fsp3) is 0.526. The molecule has 170 valence electrons. The van der Waals surface area contributed by atoms with Gasteiger partial charge < -0.3 is 10.2 Å². The smallest absolute Gasteiger partial charge is 0.366 e. The third-order valence-corrected chi connectivity index (χ3v) is 6.00. The molecule has 0 aromatic carbocycles. The maximum atomic E-state index is 12.9. The molecule has 2 aliphatic rings. The highest BCUT2D eigenvalue weighted by Gasteiger charge is 2.42. The van der Waals surface area contributed by atoms with E-state index in [1.54, 1.807) is 6.20 Å². The van der Waals surface area contributed by atoms with Crippen LogP contribution < -0.4 is 10.2 Å². The molecule has 1 aliphatic heterocycles. The molecule has 1 saturated carbocycles. The second-order valence-corrected chi connectivity index (χ2v) is 8.18. The fourth-order valence-electron chi connectivity index (χ4n) is 4.64. The zero-order valence-corrected chi connectivity index (χ0v) is 16.7. The summed E-state index contributed by atoms with van der Waals surface area (Å²) in [6.45, 7) is 0.652. The van der Waals surface area contributed by atoms with E-state index in [0.717, 1.165) is 23.7 Å². The Labute approximate surface area is 178 Å². The first-order valence-electron chi connectivity index (χ1n) is 10.1. The molecule has 5 rings (SSSR count). The normalized spacial score (nSPS) is 23.3. The van der Waals surface area contributed by atoms with Gasteiger partial charge in [-0.15, -0.1) is 0 Å². The van der Waals surface area contributed by atoms with Gasteiger partial charge in [0.2, 0.25) is 0 Å². The Morgan fingerprint density at radius 1 is 1.03 bits per heavy atom. The number of halogens is 5. The van der Waals surface area contributed by atoms with Gasteiger partial charge in [0.25, 0.3) is 6.43 Å². The Kier molecular flexibility index (Phi) is 5.05. The first-order valence-corrected chi connectivity index (χ1v) is 10.1. The van der Waals surface area contributed by atoms with Crippen molar-refractivity contribution < 1.29 is 22.0 Å². The maximum Gasteiger partial charge on any atom is 0.434 e. The number of hydrogen-bond acceptors (Lipinski definition) is 7. The molecule has 1 aliphatic carbocycles. The highest BCUT2D eigenvalue weighted by Crippen LogP contribution is 2.40. The van der Waals surface area contributed by atoms with Gasteiger partial charge in [-0.1, -0.05) is 0 Å². The highest BCUT2D eigenvalue weighted by atomic mass is 19.4. The lowest BCUT2D eigenvalue weighted by atomic mass is 10.0. The van der Waals surface area contributed by atoms with Crippen LogP contribution in [0.3, 0.4) is 0 Å². The first kappa shape index (κ1) is 20.8. The lowest BCUT2D eigenvalue weighted by Gasteiger charge is -2.21. The van der Waals surface area contributed by atoms with Crippen molar-refractivity contribution in [3.8, 4) is 0 Å². The van der Waals surface area contributed by atoms with Crippen molar-refractivity contribution in [1.82, 2.24) is 29.7 Å². The molecule has 3 atom stereocenters. The van der Waals surface area contributed by atoms with Crippen molar-refractivity contribution in [3.05, 3.63) is 30.5 Å². The largest absolute Gasteiger partial charge is 0.434 e. The van der Waals surface area contributed by atoms with Gasteiger partial charge in [0.05, 0.1) is 24.8 Å². The van der Waals surface area contributed by atoms with E-state index in [1.807, 2.05) is 4.90 Å². The van der Waals surface area contributed by atoms with Crippen LogP contribution in [-0.4, -0.2) is 55.3 Å². The molecule has 1 unspecified atom stereocenters. The molecule has 4 heterocycles. The van der Waals surface area contributed by atoms with Crippen LogP contribution >= 0.6 is 0 Å². The van der Waals surface area contributed by atoms with Crippen molar-refractivity contribution in [3.63, 3.8) is 0 Å². The summed E-state index contributed by atoms with van der Waals surface area (Å²) in [5.74, 6) is 1.32. The van der Waals surface area contributed by atoms with Crippen molar-refractivity contribution in [1.29, 1.82) is 0 Å². The van der Waals surface area contributed by atoms with Crippen LogP contribution in [0.4, 0.5) is 33.6 Å². The molecule has 8 nitrogen and oxygen atoms in total. The van der Waals surface area contributed by atoms with E-state index >= 15 is 0 Å². The van der Waals surface area contributed by atoms with Gasteiger partial charge in [0.15, 0.2) is 11.3 Å². The Hall–Kier alpha value is -3.12. The Morgan fingerprint density at radius 3 is 2.47 bits per heavy atom. The lowest BCUT2D eigenvalue weighted by molar-refractivity contribution is -0.141. The van der Waals surface area contributed by atoms with Gasteiger partial charge in [-0.2, -0.15) is 18.3 Å². The molecule has 3 aromatic rings. The summed E-state index contributed by atoms with van der Waals surface area (Å²) in [6, 6.07) is 0.109. The van der Waals surface area contributed by atoms with Crippen molar-refractivity contribution in [2.45, 2.75) is 38.0 Å². The minimum absolute atomic E-state index is 0.109. The third kappa shape index (κ3) is 4.02. The fourth-order valence-corrected chi connectivity index (χ4v) is 4.64. The van der Waals surface area contributed by atoms with Gasteiger partial charge in [0, 0.05) is 19.1 Å². The lowest BCUT2D eigenvalue weighted by Crippen LogP contribution is -2.26. The highest BCUT2D eigenvalue weighted by molar-refractivity contribution is 5.71. The van der Waals surface area contributed by atoms with Gasteiger partial charge in [-0.25, -0.2) is 28.4 Å². The van der Waals surface area contributed by atoms with E-state index in [1.165, 1.54) is 12.4 Å². The van der Waals surface area contributed by atoms with Crippen LogP contribution in [0.1, 0.15) is 18.5 Å². The Morgan fingerprint density at radius 2 is 1.78 bits per heavy atom. The van der Waals surface area contributed by atoms with E-state index in [9.17, 15) is 22.0 Å². The summed E-state index contributed by atoms with van der Waals surface area (Å²) in [5, 5.41) is 7.23. The molecule has 0 amide bonds. The molecule has 1 saturated heterocycles. The average Bonchev–Trinajstić information content (AvgIpc) is 3.41. The molecular weight excluding hydrogens is 435 g/mol. The van der Waals surface area contributed by atoms with E-state index in [0.29, 0.717) is 41.9 Å². The molecule has 0 bridgehead atoms. The second kappa shape index (κ2) is 7.78. The van der Waals surface area contributed by atoms with Gasteiger partial charge in [0.1, 0.15) is 23.7 Å². The number of anilines is 2. The van der Waals surface area contributed by atoms with E-state index in [2.05, 4.69) is 30.4 Å². The number of alkyl halides is 5. The SMILES string of the molecule is FC(F)Cn1ncc2ncc(NC3C[C@@H]4CN(c5cncc(C(F)(F)F)n5)C[C@@H]4C3)nc21. The van der Waals surface area contributed by atoms with E-state index in [-0.39, 0.29) is 11.9 Å². The predicted molar refractivity (Wildman–Crippen MR) is 104 cm³/mol. The van der Waals surface area contributed by atoms with Gasteiger partial charge in [-0.3, -0.25) is 4.98 Å². The van der Waals surface area contributed by atoms with Crippen LogP contribution in [0.2, 0.25) is 0 Å². The number of nitrogens with one attached hydrogen (secondary N) is 1. The summed E-state index contributed by atoms with van der Waals surface area (Å²) in [7, 11) is 0. The summed E-state index contributed by atoms with van der Waals surface area (Å²) in [5.41, 5.74) is -0.258. The van der Waals surface area contributed by atoms with Crippen LogP contribution in [0, 0.1) is 11.8 Å². The minimum atomic E-state index is -4.53. The molecule has 2 fully saturated rings. The molecule has 13 heteroatoms. The second-order valence-electron chi connectivity index (χ2n) is 8.18. The van der Waals surface area contributed by atoms with Crippen LogP contribution in [-0.2, 0) is 12.7 Å². The Balaban J connectivity index is 1.23. The summed E-state index contributed by atoms with van der Waals surface area (Å²) in [4.78, 5) is 17.9. The summed E-state index contributed by atoms with van der Waals surface area (Å²) >= 11 is 0. The van der Waals surface area contributed by atoms with Crippen molar-refractivity contribution in [2.24, 2.45) is 11.8 Å². The first-order chi connectivity index (χ1) is 15.3. The van der Waals surface area contributed by atoms with Gasteiger partial charge in [-0.05, 0) is 24.7 Å². The molecule has 3 aromatic heterocycles. The van der Waals surface area contributed by atoms with Crippen molar-refractivity contribution >= 4 is 22.8 Å². The van der Waals surface area contributed by atoms with Crippen LogP contribution in [0.15, 0.2) is 24.8 Å². The molecule has 0 spiro atoms. The number of hydrogen-bond donors (Lipinski definition) is 1. The number of rotatable bonds is 5. The van der Waals surface area contributed by atoms with E-state index < -0.39 is 24.8 Å². The third-order valence-electron chi connectivity index (χ3n) is 6.00. The monoisotopic (exact) mass is 454 g/mol. The maximum absolute atomic E-state index is 12.9. The zero-order chi connectivity index (χ0) is 22.5. The summed E-state index contributed by atoms with van der Waals surface area (Å²) < 4.78 is 65.4. The molecule has 1 N–H and O–H groups in total. The number of fused-ring (bicyclic) bond motifs is 2. The van der Waals surface area contributed by atoms with Crippen molar-refractivity contribution in [2.75, 3.05) is 23.3 Å². The summed E-state index contributed by atoms with van der Waals surface area (Å²) in [6.07, 6.45) is -0.414. The Bertz CT molecular complexity index is 1100. The predicted octanol–water partition coefficient (Wildman–Crippen LogP) is 3.23. The average molecular weight is 454 g/mol. The standard InChI is InChI=1S/C19H19F5N8/c20-15(21)9-32-18-13(3-27-32)26-5-16(30-18)28-12-1-10-7-31(8-11(10)2-12)17-6-25-4-14(29-17)19(22,23)24/h3-6,10-12,15H,1-2,7-9H2,(H,28,30)/t10-,11+,12?. The van der Waals surface area contributed by atoms with E-state index in [4.69, 9.17) is 0 Å². The van der Waals surface area contributed by atoms with Crippen LogP contribution in [0.25, 0.3) is 11.2 Å². The molecular formula is C19H19F5N8. The molecule has 0 radical (unpaired) electrons. The quantitative estimate of drug-likeness (QED) is 0.593. The minimum Gasteiger partial charge on any atom is -0.366 e. The number of aromatic nitrogens is 6. The van der Waals surface area contributed by atoms with Crippen LogP contribution in [0.5, 0.6) is 0 Å².